The van der Waals surface area contributed by atoms with E-state index in [1.807, 2.05) is 71.0 Å². The molecule has 0 radical (unpaired) electrons. The number of carbonyl (C=O) groups is 1. The van der Waals surface area contributed by atoms with E-state index in [1.54, 1.807) is 6.20 Å². The smallest absolute Gasteiger partial charge is 0.211 e. The topological polar surface area (TPSA) is 49.3 Å². The van der Waals surface area contributed by atoms with Gasteiger partial charge in [-0.05, 0) is 37.5 Å². The van der Waals surface area contributed by atoms with E-state index in [2.05, 4.69) is 5.32 Å². The molecule has 114 valence electrons. The number of hydrogen-bond donors (Lipinski definition) is 2. The van der Waals surface area contributed by atoms with E-state index in [-0.39, 0.29) is 5.41 Å². The molecule has 3 nitrogen and oxygen atoms in total. The Morgan fingerprint density at radius 3 is 2.19 bits per heavy atom. The summed E-state index contributed by atoms with van der Waals surface area (Å²) in [6, 6.07) is 8.14. The highest BCUT2D eigenvalue weighted by Crippen LogP contribution is 2.34. The van der Waals surface area contributed by atoms with Gasteiger partial charge in [-0.3, -0.25) is 4.79 Å². The van der Waals surface area contributed by atoms with E-state index in [4.69, 9.17) is 0 Å². The Kier molecular flexibility index (Phi) is 5.50. The number of rotatable bonds is 6. The highest BCUT2D eigenvalue weighted by Gasteiger charge is 2.36. The van der Waals surface area contributed by atoms with Crippen molar-refractivity contribution in [2.24, 2.45) is 0 Å². The Bertz CT molecular complexity index is 531. The molecule has 1 rings (SSSR count). The Labute approximate surface area is 127 Å². The maximum atomic E-state index is 10.3. The third kappa shape index (κ3) is 4.57. The average Bonchev–Trinajstić information content (AvgIpc) is 2.42. The van der Waals surface area contributed by atoms with Gasteiger partial charge in [0, 0.05) is 11.6 Å². The minimum atomic E-state index is -0.788. The highest BCUT2D eigenvalue weighted by molar-refractivity contribution is 5.54. The number of aliphatic hydroxyl groups is 1. The van der Waals surface area contributed by atoms with Crippen LogP contribution in [0.1, 0.15) is 45.7 Å². The molecule has 21 heavy (non-hydrogen) atoms. The second-order valence-electron chi connectivity index (χ2n) is 6.31. The number of hydrogen-bond acceptors (Lipinski definition) is 2. The lowest BCUT2D eigenvalue weighted by molar-refractivity contribution is -0.108. The molecule has 0 bridgehead atoms. The maximum absolute atomic E-state index is 10.3. The molecule has 0 atom stereocenters. The van der Waals surface area contributed by atoms with Crippen LogP contribution in [0.3, 0.4) is 0 Å². The quantitative estimate of drug-likeness (QED) is 0.622. The molecule has 1 amide bonds. The van der Waals surface area contributed by atoms with Gasteiger partial charge in [-0.2, -0.15) is 0 Å². The average molecular weight is 287 g/mol. The third-order valence-corrected chi connectivity index (χ3v) is 4.08. The summed E-state index contributed by atoms with van der Waals surface area (Å²) in [6.45, 7) is 9.65. The first kappa shape index (κ1) is 17.2. The van der Waals surface area contributed by atoms with Crippen LogP contribution in [0.25, 0.3) is 6.08 Å². The van der Waals surface area contributed by atoms with Crippen molar-refractivity contribution in [3.05, 3.63) is 53.2 Å². The van der Waals surface area contributed by atoms with Crippen molar-refractivity contribution in [2.45, 2.75) is 45.6 Å². The van der Waals surface area contributed by atoms with Crippen molar-refractivity contribution < 1.29 is 9.90 Å². The normalized spacial score (nSPS) is 13.5. The summed E-state index contributed by atoms with van der Waals surface area (Å²) in [5.41, 5.74) is 2.03. The van der Waals surface area contributed by atoms with E-state index in [1.165, 1.54) is 0 Å². The van der Waals surface area contributed by atoms with Gasteiger partial charge in [-0.25, -0.2) is 0 Å². The van der Waals surface area contributed by atoms with Crippen LogP contribution < -0.4 is 5.32 Å². The summed E-state index contributed by atoms with van der Waals surface area (Å²) in [4.78, 5) is 10.2. The molecule has 0 fully saturated rings. The monoisotopic (exact) mass is 287 g/mol. The van der Waals surface area contributed by atoms with Gasteiger partial charge in [0.15, 0.2) is 0 Å². The molecule has 0 heterocycles. The van der Waals surface area contributed by atoms with Crippen LogP contribution in [-0.2, 0) is 10.2 Å². The fraction of sp³-hybridized carbons (Fsp3) is 0.389. The zero-order valence-corrected chi connectivity index (χ0v) is 13.5. The van der Waals surface area contributed by atoms with Gasteiger partial charge in [-0.1, -0.05) is 50.3 Å². The van der Waals surface area contributed by atoms with Crippen LogP contribution >= 0.6 is 0 Å². The molecular weight excluding hydrogens is 262 g/mol. The number of carbonyl (C=O) groups excluding carboxylic acids is 1. The van der Waals surface area contributed by atoms with Crippen LogP contribution in [0.5, 0.6) is 0 Å². The Morgan fingerprint density at radius 1 is 1.14 bits per heavy atom. The first-order valence-electron chi connectivity index (χ1n) is 7.06. The van der Waals surface area contributed by atoms with Crippen LogP contribution in [0, 0.1) is 0 Å². The number of benzene rings is 1. The molecule has 1 aromatic rings. The first-order chi connectivity index (χ1) is 9.68. The van der Waals surface area contributed by atoms with E-state index in [0.29, 0.717) is 6.41 Å². The lowest BCUT2D eigenvalue weighted by atomic mass is 9.72. The zero-order valence-electron chi connectivity index (χ0n) is 13.5. The molecule has 0 saturated carbocycles. The molecule has 3 heteroatoms. The standard InChI is InChI=1S/C18H25NO2/c1-14(12-19-13-20)6-7-15-8-10-16(11-9-15)17(2,3)18(4,5)21/h6-13,21H,1-5H3,(H,19,20)/b7-6-,14-12-. The SMILES string of the molecule is CC(/C=C\c1ccc(C(C)(C)C(C)(C)O)cc1)=C/NC=O. The van der Waals surface area contributed by atoms with Crippen molar-refractivity contribution in [3.8, 4) is 0 Å². The molecule has 0 saturated heterocycles. The summed E-state index contributed by atoms with van der Waals surface area (Å²) in [7, 11) is 0. The molecule has 0 spiro atoms. The molecule has 2 N–H and O–H groups in total. The van der Waals surface area contributed by atoms with E-state index in [0.717, 1.165) is 16.7 Å². The summed E-state index contributed by atoms with van der Waals surface area (Å²) in [5, 5.41) is 12.8. The molecule has 0 unspecified atom stereocenters. The minimum absolute atomic E-state index is 0.320. The van der Waals surface area contributed by atoms with E-state index in [9.17, 15) is 9.90 Å². The lowest BCUT2D eigenvalue weighted by Gasteiger charge is -2.37. The van der Waals surface area contributed by atoms with Gasteiger partial charge in [0.2, 0.25) is 6.41 Å². The molecular formula is C18H25NO2. The van der Waals surface area contributed by atoms with Gasteiger partial charge in [0.25, 0.3) is 0 Å². The summed E-state index contributed by atoms with van der Waals surface area (Å²) in [6.07, 6.45) is 6.21. The Morgan fingerprint density at radius 2 is 1.71 bits per heavy atom. The summed E-state index contributed by atoms with van der Waals surface area (Å²) >= 11 is 0. The highest BCUT2D eigenvalue weighted by atomic mass is 16.3. The maximum Gasteiger partial charge on any atom is 0.211 e. The molecule has 0 aliphatic heterocycles. The van der Waals surface area contributed by atoms with Crippen molar-refractivity contribution in [2.75, 3.05) is 0 Å². The van der Waals surface area contributed by atoms with Crippen molar-refractivity contribution in [3.63, 3.8) is 0 Å². The minimum Gasteiger partial charge on any atom is -0.390 e. The number of allylic oxidation sites excluding steroid dienone is 2. The Balaban J connectivity index is 2.89. The van der Waals surface area contributed by atoms with Crippen molar-refractivity contribution in [1.82, 2.24) is 5.32 Å². The molecule has 0 aromatic heterocycles. The lowest BCUT2D eigenvalue weighted by Crippen LogP contribution is -2.42. The first-order valence-corrected chi connectivity index (χ1v) is 7.06. The zero-order chi connectivity index (χ0) is 16.1. The van der Waals surface area contributed by atoms with Crippen LogP contribution in [0.15, 0.2) is 42.1 Å². The summed E-state index contributed by atoms with van der Waals surface area (Å²) in [5.74, 6) is 0. The fourth-order valence-electron chi connectivity index (χ4n) is 1.81. The second kappa shape index (κ2) is 6.72. The second-order valence-corrected chi connectivity index (χ2v) is 6.31. The Hall–Kier alpha value is -1.87. The van der Waals surface area contributed by atoms with Gasteiger partial charge < -0.3 is 10.4 Å². The van der Waals surface area contributed by atoms with Crippen molar-refractivity contribution in [1.29, 1.82) is 0 Å². The third-order valence-electron chi connectivity index (χ3n) is 4.08. The molecule has 0 aliphatic carbocycles. The van der Waals surface area contributed by atoms with E-state index >= 15 is 0 Å². The largest absolute Gasteiger partial charge is 0.390 e. The van der Waals surface area contributed by atoms with Gasteiger partial charge in [0.05, 0.1) is 5.60 Å². The molecule has 0 aliphatic rings. The van der Waals surface area contributed by atoms with Crippen LogP contribution in [-0.4, -0.2) is 17.1 Å². The number of amides is 1. The summed E-state index contributed by atoms with van der Waals surface area (Å²) < 4.78 is 0. The number of nitrogens with one attached hydrogen (secondary N) is 1. The molecule has 1 aromatic carbocycles. The van der Waals surface area contributed by atoms with Crippen LogP contribution in [0.4, 0.5) is 0 Å². The fourth-order valence-corrected chi connectivity index (χ4v) is 1.81. The predicted octanol–water partition coefficient (Wildman–Crippen LogP) is 3.40. The van der Waals surface area contributed by atoms with Gasteiger partial charge in [-0.15, -0.1) is 0 Å². The van der Waals surface area contributed by atoms with Crippen LogP contribution in [0.2, 0.25) is 0 Å². The van der Waals surface area contributed by atoms with Gasteiger partial charge in [0.1, 0.15) is 0 Å². The predicted molar refractivity (Wildman–Crippen MR) is 87.8 cm³/mol. The van der Waals surface area contributed by atoms with E-state index < -0.39 is 5.60 Å². The van der Waals surface area contributed by atoms with Gasteiger partial charge >= 0.3 is 0 Å². The van der Waals surface area contributed by atoms with Crippen molar-refractivity contribution >= 4 is 12.5 Å².